The Balaban J connectivity index is 0.00000300. The van der Waals surface area contributed by atoms with Gasteiger partial charge in [0.1, 0.15) is 6.10 Å². The first kappa shape index (κ1) is 24.2. The molecule has 0 spiro atoms. The monoisotopic (exact) mass is 516 g/mol. The lowest BCUT2D eigenvalue weighted by Crippen LogP contribution is -2.45. The summed E-state index contributed by atoms with van der Waals surface area (Å²) in [6.07, 6.45) is 10.4. The molecule has 0 bridgehead atoms. The van der Waals surface area contributed by atoms with Gasteiger partial charge >= 0.3 is 0 Å². The highest BCUT2D eigenvalue weighted by Gasteiger charge is 2.21. The van der Waals surface area contributed by atoms with Crippen molar-refractivity contribution in [3.63, 3.8) is 0 Å². The van der Waals surface area contributed by atoms with Crippen LogP contribution < -0.4 is 15.4 Å². The molecule has 3 rings (SSSR count). The van der Waals surface area contributed by atoms with E-state index in [1.807, 2.05) is 18.3 Å². The molecule has 1 aromatic rings. The standard InChI is InChI=1S/C22H36N4O2.HI/c1-3-23-22(26-18-6-8-19(27)9-7-18)25-15-17-12-13-24-21(14-17)28-20-10-4-16(2)5-11-20;/h12-14,16,18-20,27H,3-11,15H2,1-2H3,(H2,23,25,26);1H. The van der Waals surface area contributed by atoms with Crippen LogP contribution in [0.2, 0.25) is 0 Å². The lowest BCUT2D eigenvalue weighted by atomic mass is 9.89. The number of hydrogen-bond donors (Lipinski definition) is 3. The molecule has 0 aliphatic heterocycles. The number of hydrogen-bond acceptors (Lipinski definition) is 4. The number of nitrogens with zero attached hydrogens (tertiary/aromatic N) is 2. The zero-order valence-corrected chi connectivity index (χ0v) is 20.1. The Morgan fingerprint density at radius 3 is 2.59 bits per heavy atom. The van der Waals surface area contributed by atoms with Crippen molar-refractivity contribution in [1.29, 1.82) is 0 Å². The van der Waals surface area contributed by atoms with Crippen LogP contribution in [0.1, 0.15) is 70.8 Å². The van der Waals surface area contributed by atoms with E-state index in [1.165, 1.54) is 12.8 Å². The molecule has 0 unspecified atom stereocenters. The average Bonchev–Trinajstić information content (AvgIpc) is 2.70. The SMILES string of the molecule is CCNC(=NCc1ccnc(OC2CCC(C)CC2)c1)NC1CCC(O)CC1.I. The molecule has 6 nitrogen and oxygen atoms in total. The second kappa shape index (κ2) is 12.6. The van der Waals surface area contributed by atoms with Gasteiger partial charge in [0.05, 0.1) is 12.6 Å². The average molecular weight is 516 g/mol. The lowest BCUT2D eigenvalue weighted by molar-refractivity contribution is 0.120. The van der Waals surface area contributed by atoms with Crippen LogP contribution in [0.15, 0.2) is 23.3 Å². The van der Waals surface area contributed by atoms with E-state index in [4.69, 9.17) is 9.73 Å². The van der Waals surface area contributed by atoms with Gasteiger partial charge in [-0.3, -0.25) is 0 Å². The van der Waals surface area contributed by atoms with Gasteiger partial charge in [0.25, 0.3) is 0 Å². The normalized spacial score (nSPS) is 27.6. The molecule has 0 radical (unpaired) electrons. The van der Waals surface area contributed by atoms with Crippen molar-refractivity contribution in [2.24, 2.45) is 10.9 Å². The minimum Gasteiger partial charge on any atom is -0.474 e. The maximum Gasteiger partial charge on any atom is 0.213 e. The molecule has 164 valence electrons. The summed E-state index contributed by atoms with van der Waals surface area (Å²) >= 11 is 0. The molecule has 1 aromatic heterocycles. The van der Waals surface area contributed by atoms with Gasteiger partial charge in [0.15, 0.2) is 5.96 Å². The fourth-order valence-corrected chi connectivity index (χ4v) is 4.04. The highest BCUT2D eigenvalue weighted by atomic mass is 127. The number of aliphatic hydroxyl groups is 1. The molecule has 2 fully saturated rings. The second-order valence-electron chi connectivity index (χ2n) is 8.35. The van der Waals surface area contributed by atoms with Gasteiger partial charge in [-0.1, -0.05) is 6.92 Å². The molecule has 2 saturated carbocycles. The minimum absolute atomic E-state index is 0. The van der Waals surface area contributed by atoms with Crippen LogP contribution in [0.3, 0.4) is 0 Å². The van der Waals surface area contributed by atoms with Gasteiger partial charge in [-0.05, 0) is 75.8 Å². The van der Waals surface area contributed by atoms with Crippen molar-refractivity contribution in [3.8, 4) is 5.88 Å². The predicted molar refractivity (Wildman–Crippen MR) is 128 cm³/mol. The van der Waals surface area contributed by atoms with Gasteiger partial charge in [0.2, 0.25) is 5.88 Å². The van der Waals surface area contributed by atoms with E-state index in [2.05, 4.69) is 29.5 Å². The Morgan fingerprint density at radius 2 is 1.90 bits per heavy atom. The maximum atomic E-state index is 9.68. The van der Waals surface area contributed by atoms with Gasteiger partial charge in [-0.25, -0.2) is 9.98 Å². The molecule has 0 amide bonds. The van der Waals surface area contributed by atoms with Crippen LogP contribution in [-0.2, 0) is 6.54 Å². The Kier molecular flexibility index (Phi) is 10.5. The highest BCUT2D eigenvalue weighted by Crippen LogP contribution is 2.26. The Bertz CT molecular complexity index is 627. The number of guanidine groups is 1. The summed E-state index contributed by atoms with van der Waals surface area (Å²) in [5.41, 5.74) is 1.10. The van der Waals surface area contributed by atoms with Crippen LogP contribution in [0.25, 0.3) is 0 Å². The Labute approximate surface area is 192 Å². The summed E-state index contributed by atoms with van der Waals surface area (Å²) in [5, 5.41) is 16.5. The minimum atomic E-state index is -0.139. The summed E-state index contributed by atoms with van der Waals surface area (Å²) < 4.78 is 6.12. The number of aromatic nitrogens is 1. The van der Waals surface area contributed by atoms with Crippen LogP contribution >= 0.6 is 24.0 Å². The number of aliphatic imine (C=N–C) groups is 1. The number of ether oxygens (including phenoxy) is 1. The van der Waals surface area contributed by atoms with E-state index in [0.29, 0.717) is 24.6 Å². The van der Waals surface area contributed by atoms with Gasteiger partial charge in [-0.2, -0.15) is 0 Å². The third kappa shape index (κ3) is 8.28. The van der Waals surface area contributed by atoms with Gasteiger partial charge in [0, 0.05) is 24.8 Å². The number of nitrogens with one attached hydrogen (secondary N) is 2. The van der Waals surface area contributed by atoms with E-state index in [1.54, 1.807) is 0 Å². The molecule has 7 heteroatoms. The molecule has 29 heavy (non-hydrogen) atoms. The molecule has 1 heterocycles. The number of aliphatic hydroxyl groups excluding tert-OH is 1. The molecular formula is C22H37IN4O2. The van der Waals surface area contributed by atoms with Crippen LogP contribution in [0, 0.1) is 5.92 Å². The predicted octanol–water partition coefficient (Wildman–Crippen LogP) is 4.02. The molecule has 2 aliphatic carbocycles. The van der Waals surface area contributed by atoms with E-state index in [-0.39, 0.29) is 30.1 Å². The molecule has 2 aliphatic rings. The highest BCUT2D eigenvalue weighted by molar-refractivity contribution is 14.0. The van der Waals surface area contributed by atoms with Crippen LogP contribution in [-0.4, -0.2) is 40.8 Å². The molecule has 0 aromatic carbocycles. The van der Waals surface area contributed by atoms with Gasteiger partial charge in [-0.15, -0.1) is 24.0 Å². The molecular weight excluding hydrogens is 479 g/mol. The lowest BCUT2D eigenvalue weighted by Gasteiger charge is -2.27. The molecule has 0 saturated heterocycles. The summed E-state index contributed by atoms with van der Waals surface area (Å²) in [4.78, 5) is 9.13. The third-order valence-electron chi connectivity index (χ3n) is 5.85. The van der Waals surface area contributed by atoms with Gasteiger partial charge < -0.3 is 20.5 Å². The number of rotatable bonds is 6. The quantitative estimate of drug-likeness (QED) is 0.303. The topological polar surface area (TPSA) is 78.8 Å². The van der Waals surface area contributed by atoms with Crippen molar-refractivity contribution >= 4 is 29.9 Å². The van der Waals surface area contributed by atoms with Crippen LogP contribution in [0.4, 0.5) is 0 Å². The zero-order valence-electron chi connectivity index (χ0n) is 17.8. The summed E-state index contributed by atoms with van der Waals surface area (Å²) in [6, 6.07) is 4.40. The zero-order chi connectivity index (χ0) is 19.8. The summed E-state index contributed by atoms with van der Waals surface area (Å²) in [5.74, 6) is 2.37. The van der Waals surface area contributed by atoms with Crippen molar-refractivity contribution in [2.75, 3.05) is 6.54 Å². The van der Waals surface area contributed by atoms with E-state index < -0.39 is 0 Å². The Hall–Kier alpha value is -1.09. The molecule has 0 atom stereocenters. The second-order valence-corrected chi connectivity index (χ2v) is 8.35. The Morgan fingerprint density at radius 1 is 1.17 bits per heavy atom. The number of halogens is 1. The number of pyridine rings is 1. The van der Waals surface area contributed by atoms with Crippen molar-refractivity contribution in [1.82, 2.24) is 15.6 Å². The van der Waals surface area contributed by atoms with Crippen LogP contribution in [0.5, 0.6) is 5.88 Å². The maximum absolute atomic E-state index is 9.68. The van der Waals surface area contributed by atoms with E-state index in [0.717, 1.165) is 62.5 Å². The molecule has 3 N–H and O–H groups in total. The third-order valence-corrected chi connectivity index (χ3v) is 5.85. The fraction of sp³-hybridized carbons (Fsp3) is 0.727. The first-order chi connectivity index (χ1) is 13.6. The fourth-order valence-electron chi connectivity index (χ4n) is 4.04. The van der Waals surface area contributed by atoms with Crippen molar-refractivity contribution in [3.05, 3.63) is 23.9 Å². The van der Waals surface area contributed by atoms with E-state index >= 15 is 0 Å². The van der Waals surface area contributed by atoms with Crippen molar-refractivity contribution in [2.45, 2.75) is 90.0 Å². The summed E-state index contributed by atoms with van der Waals surface area (Å²) in [6.45, 7) is 5.81. The smallest absolute Gasteiger partial charge is 0.213 e. The first-order valence-corrected chi connectivity index (χ1v) is 11.0. The van der Waals surface area contributed by atoms with E-state index in [9.17, 15) is 5.11 Å². The largest absolute Gasteiger partial charge is 0.474 e. The first-order valence-electron chi connectivity index (χ1n) is 11.0. The van der Waals surface area contributed by atoms with Crippen molar-refractivity contribution < 1.29 is 9.84 Å². The summed E-state index contributed by atoms with van der Waals surface area (Å²) in [7, 11) is 0.